The summed E-state index contributed by atoms with van der Waals surface area (Å²) < 4.78 is 9.44. The minimum absolute atomic E-state index is 0.834. The van der Waals surface area contributed by atoms with Crippen molar-refractivity contribution in [3.05, 3.63) is 206 Å². The van der Waals surface area contributed by atoms with Crippen LogP contribution in [0.2, 0.25) is 0 Å². The lowest BCUT2D eigenvalue weighted by Crippen LogP contribution is -1.99. The van der Waals surface area contributed by atoms with Gasteiger partial charge in [0.2, 0.25) is 0 Å². The Morgan fingerprint density at radius 3 is 1.29 bits per heavy atom. The molecule has 0 saturated heterocycles. The third-order valence-corrected chi connectivity index (χ3v) is 13.8. The molecule has 8 heterocycles. The highest BCUT2D eigenvalue weighted by Gasteiger charge is 2.26. The van der Waals surface area contributed by atoms with Gasteiger partial charge in [0.05, 0.1) is 71.9 Å². The van der Waals surface area contributed by atoms with E-state index in [1.165, 1.54) is 27.9 Å². The Balaban J connectivity index is 0.881. The summed E-state index contributed by atoms with van der Waals surface area (Å²) in [5.74, 6) is 0. The van der Waals surface area contributed by atoms with Gasteiger partial charge in [-0.2, -0.15) is 0 Å². The van der Waals surface area contributed by atoms with Crippen molar-refractivity contribution < 1.29 is 0 Å². The fourth-order valence-corrected chi connectivity index (χ4v) is 11.1. The van der Waals surface area contributed by atoms with E-state index < -0.39 is 0 Å². The summed E-state index contributed by atoms with van der Waals surface area (Å²) in [6, 6.07) is 61.2. The quantitative estimate of drug-likeness (QED) is 0.177. The molecule has 0 atom stereocenters. The number of nitrogens with zero attached hydrogens (tertiary/aromatic N) is 8. The molecule has 1 aliphatic carbocycles. The van der Waals surface area contributed by atoms with Gasteiger partial charge in [0.15, 0.2) is 0 Å². The van der Waals surface area contributed by atoms with Crippen LogP contribution in [0.5, 0.6) is 0 Å². The molecule has 65 heavy (non-hydrogen) atoms. The zero-order chi connectivity index (χ0) is 42.3. The summed E-state index contributed by atoms with van der Waals surface area (Å²) in [5, 5.41) is 4.50. The number of aromatic nitrogens is 8. The summed E-state index contributed by atoms with van der Waals surface area (Å²) in [5.41, 5.74) is 22.4. The molecule has 0 fully saturated rings. The second kappa shape index (κ2) is 12.8. The first-order valence-corrected chi connectivity index (χ1v) is 22.0. The Morgan fingerprint density at radius 2 is 0.738 bits per heavy atom. The molecule has 14 aromatic rings. The van der Waals surface area contributed by atoms with Crippen LogP contribution >= 0.6 is 0 Å². The zero-order valence-corrected chi connectivity index (χ0v) is 34.8. The second-order valence-corrected chi connectivity index (χ2v) is 17.1. The van der Waals surface area contributed by atoms with Crippen LogP contribution in [-0.2, 0) is 6.42 Å². The molecule has 0 N–H and O–H groups in total. The third-order valence-electron chi connectivity index (χ3n) is 13.8. The predicted molar refractivity (Wildman–Crippen MR) is 263 cm³/mol. The molecule has 0 aliphatic heterocycles. The van der Waals surface area contributed by atoms with Crippen molar-refractivity contribution >= 4 is 87.7 Å². The Morgan fingerprint density at radius 1 is 0.308 bits per heavy atom. The van der Waals surface area contributed by atoms with E-state index in [4.69, 9.17) is 19.9 Å². The molecule has 0 bridgehead atoms. The van der Waals surface area contributed by atoms with Crippen LogP contribution in [0.3, 0.4) is 0 Å². The summed E-state index contributed by atoms with van der Waals surface area (Å²) in [6.07, 6.45) is 8.39. The molecule has 15 rings (SSSR count). The lowest BCUT2D eigenvalue weighted by atomic mass is 10.0. The Bertz CT molecular complexity index is 4250. The lowest BCUT2D eigenvalue weighted by Gasteiger charge is -2.14. The maximum absolute atomic E-state index is 5.02. The predicted octanol–water partition coefficient (Wildman–Crippen LogP) is 13.2. The zero-order valence-electron chi connectivity index (χ0n) is 34.8. The minimum atomic E-state index is 0.834. The monoisotopic (exact) mass is 830 g/mol. The van der Waals surface area contributed by atoms with E-state index in [1.54, 1.807) is 0 Å². The van der Waals surface area contributed by atoms with Crippen molar-refractivity contribution in [2.45, 2.75) is 6.42 Å². The van der Waals surface area contributed by atoms with E-state index in [0.29, 0.717) is 0 Å². The Kier molecular flexibility index (Phi) is 6.85. The van der Waals surface area contributed by atoms with Gasteiger partial charge in [-0.1, -0.05) is 54.6 Å². The van der Waals surface area contributed by atoms with Crippen molar-refractivity contribution in [3.63, 3.8) is 0 Å². The van der Waals surface area contributed by atoms with Crippen molar-refractivity contribution in [1.82, 2.24) is 38.2 Å². The number of fused-ring (bicyclic) bond motifs is 15. The van der Waals surface area contributed by atoms with Crippen LogP contribution in [0.1, 0.15) is 11.1 Å². The Hall–Kier alpha value is -8.88. The molecule has 0 spiro atoms. The fraction of sp³-hybridized carbons (Fsp3) is 0.0175. The molecular weight excluding hydrogens is 797 g/mol. The molecule has 0 saturated carbocycles. The van der Waals surface area contributed by atoms with Crippen molar-refractivity contribution in [1.29, 1.82) is 0 Å². The first-order valence-electron chi connectivity index (χ1n) is 22.0. The maximum Gasteiger partial charge on any atom is 0.0964 e. The molecule has 8 nitrogen and oxygen atoms in total. The van der Waals surface area contributed by atoms with Crippen LogP contribution in [0.15, 0.2) is 195 Å². The molecular formula is C57H34N8. The number of benzene rings is 6. The highest BCUT2D eigenvalue weighted by Crippen LogP contribution is 2.44. The normalized spacial score (nSPS) is 12.6. The van der Waals surface area contributed by atoms with Crippen LogP contribution in [0.25, 0.3) is 122 Å². The minimum Gasteiger partial charge on any atom is -0.308 e. The van der Waals surface area contributed by atoms with Gasteiger partial charge in [-0.15, -0.1) is 0 Å². The standard InChI is InChI=1S/C57H34N8/c1-3-13-45-39(10-1)54-50(16-6-26-58-54)62(45)36-22-24-48-43(32-36)56-52(18-8-28-60-56)64(48)35-21-20-34-30-42-38(41(34)31-35)12-5-15-47(42)65-49-25-23-37(33-44(49)57-53(65)19-9-29-61-57)63-46-14-4-2-11-40(46)55-51(63)17-7-27-59-55/h1-29,31-33H,30H2. The molecule has 8 heteroatoms. The summed E-state index contributed by atoms with van der Waals surface area (Å²) in [6.45, 7) is 0. The van der Waals surface area contributed by atoms with Crippen molar-refractivity contribution in [2.24, 2.45) is 0 Å². The van der Waals surface area contributed by atoms with E-state index in [9.17, 15) is 0 Å². The van der Waals surface area contributed by atoms with Gasteiger partial charge in [0, 0.05) is 69.8 Å². The molecule has 8 aromatic heterocycles. The molecule has 0 amide bonds. The summed E-state index contributed by atoms with van der Waals surface area (Å²) in [4.78, 5) is 19.6. The van der Waals surface area contributed by atoms with E-state index >= 15 is 0 Å². The third kappa shape index (κ3) is 4.69. The second-order valence-electron chi connectivity index (χ2n) is 17.1. The average molecular weight is 831 g/mol. The van der Waals surface area contributed by atoms with Gasteiger partial charge < -0.3 is 18.3 Å². The van der Waals surface area contributed by atoms with E-state index in [0.717, 1.165) is 111 Å². The first-order chi connectivity index (χ1) is 32.3. The van der Waals surface area contributed by atoms with Gasteiger partial charge in [0.25, 0.3) is 0 Å². The molecule has 6 aromatic carbocycles. The molecule has 302 valence electrons. The fourth-order valence-electron chi connectivity index (χ4n) is 11.1. The van der Waals surface area contributed by atoms with Gasteiger partial charge in [-0.25, -0.2) is 0 Å². The van der Waals surface area contributed by atoms with Gasteiger partial charge in [0.1, 0.15) is 0 Å². The van der Waals surface area contributed by atoms with E-state index in [2.05, 4.69) is 164 Å². The molecule has 0 unspecified atom stereocenters. The maximum atomic E-state index is 5.02. The number of rotatable bonds is 4. The average Bonchev–Trinajstić information content (AvgIpc) is 4.16. The number of hydrogen-bond acceptors (Lipinski definition) is 4. The van der Waals surface area contributed by atoms with Crippen LogP contribution < -0.4 is 0 Å². The van der Waals surface area contributed by atoms with Crippen LogP contribution in [-0.4, -0.2) is 38.2 Å². The number of hydrogen-bond donors (Lipinski definition) is 0. The topological polar surface area (TPSA) is 71.3 Å². The van der Waals surface area contributed by atoms with Gasteiger partial charge in [-0.05, 0) is 138 Å². The molecule has 0 radical (unpaired) electrons. The number of para-hydroxylation sites is 2. The van der Waals surface area contributed by atoms with Crippen LogP contribution in [0, 0.1) is 0 Å². The summed E-state index contributed by atoms with van der Waals surface area (Å²) in [7, 11) is 0. The smallest absolute Gasteiger partial charge is 0.0964 e. The van der Waals surface area contributed by atoms with Crippen molar-refractivity contribution in [2.75, 3.05) is 0 Å². The van der Waals surface area contributed by atoms with E-state index in [1.807, 2.05) is 49.1 Å². The molecule has 1 aliphatic rings. The first kappa shape index (κ1) is 34.7. The Labute approximate surface area is 370 Å². The van der Waals surface area contributed by atoms with Gasteiger partial charge in [-0.3, -0.25) is 19.9 Å². The lowest BCUT2D eigenvalue weighted by molar-refractivity contribution is 1.11. The summed E-state index contributed by atoms with van der Waals surface area (Å²) >= 11 is 0. The largest absolute Gasteiger partial charge is 0.308 e. The van der Waals surface area contributed by atoms with Crippen molar-refractivity contribution in [3.8, 4) is 33.9 Å². The van der Waals surface area contributed by atoms with E-state index in [-0.39, 0.29) is 0 Å². The highest BCUT2D eigenvalue weighted by atomic mass is 15.0. The highest BCUT2D eigenvalue weighted by molar-refractivity contribution is 6.12. The number of pyridine rings is 4. The SMILES string of the molecule is c1cc2c(c(-n3c4ccc(-n5c6ccccc6c6ncccc65)cc4c4ncccc43)c1)Cc1ccc(-n3c4ccc(-n5c6ccccc6c6ncccc65)cc4c4ncccc43)cc1-2. The van der Waals surface area contributed by atoms with Crippen LogP contribution in [0.4, 0.5) is 0 Å². The van der Waals surface area contributed by atoms with Gasteiger partial charge >= 0.3 is 0 Å².